The van der Waals surface area contributed by atoms with Crippen molar-refractivity contribution in [3.8, 4) is 0 Å². The lowest BCUT2D eigenvalue weighted by Gasteiger charge is -2.10. The Bertz CT molecular complexity index is 474. The van der Waals surface area contributed by atoms with Crippen molar-refractivity contribution < 1.29 is 9.59 Å². The van der Waals surface area contributed by atoms with Gasteiger partial charge in [0, 0.05) is 12.2 Å². The van der Waals surface area contributed by atoms with Crippen LogP contribution in [0.2, 0.25) is 0 Å². The van der Waals surface area contributed by atoms with Gasteiger partial charge in [0.25, 0.3) is 0 Å². The highest BCUT2D eigenvalue weighted by molar-refractivity contribution is 6.30. The highest BCUT2D eigenvalue weighted by Gasteiger charge is 2.29. The molecule has 0 spiro atoms. The van der Waals surface area contributed by atoms with E-state index in [0.29, 0.717) is 13.0 Å². The molecule has 0 fully saturated rings. The summed E-state index contributed by atoms with van der Waals surface area (Å²) in [6.07, 6.45) is 0.582. The molecular formula is C13H15ClN2O2. The third kappa shape index (κ3) is 2.64. The van der Waals surface area contributed by atoms with Crippen LogP contribution < -0.4 is 10.6 Å². The van der Waals surface area contributed by atoms with Crippen molar-refractivity contribution in [2.75, 3.05) is 11.9 Å². The van der Waals surface area contributed by atoms with Gasteiger partial charge in [0.1, 0.15) is 5.38 Å². The van der Waals surface area contributed by atoms with Crippen LogP contribution in [0.4, 0.5) is 5.69 Å². The van der Waals surface area contributed by atoms with Gasteiger partial charge >= 0.3 is 0 Å². The largest absolute Gasteiger partial charge is 0.355 e. The van der Waals surface area contributed by atoms with E-state index in [0.717, 1.165) is 11.3 Å². The lowest BCUT2D eigenvalue weighted by atomic mass is 9.97. The molecule has 5 heteroatoms. The number of anilines is 1. The van der Waals surface area contributed by atoms with E-state index >= 15 is 0 Å². The monoisotopic (exact) mass is 266 g/mol. The van der Waals surface area contributed by atoms with E-state index in [4.69, 9.17) is 11.6 Å². The molecule has 1 aromatic rings. The number of hydrogen-bond acceptors (Lipinski definition) is 2. The molecule has 96 valence electrons. The molecule has 4 nitrogen and oxygen atoms in total. The van der Waals surface area contributed by atoms with Gasteiger partial charge in [-0.25, -0.2) is 0 Å². The molecular weight excluding hydrogens is 252 g/mol. The number of fused-ring (bicyclic) bond motifs is 1. The summed E-state index contributed by atoms with van der Waals surface area (Å²) in [7, 11) is 0. The first-order valence-corrected chi connectivity index (χ1v) is 6.35. The minimum Gasteiger partial charge on any atom is -0.355 e. The second-order valence-electron chi connectivity index (χ2n) is 4.32. The summed E-state index contributed by atoms with van der Waals surface area (Å²) in [4.78, 5) is 23.1. The van der Waals surface area contributed by atoms with Crippen molar-refractivity contribution >= 4 is 29.1 Å². The van der Waals surface area contributed by atoms with Crippen LogP contribution in [-0.2, 0) is 9.59 Å². The summed E-state index contributed by atoms with van der Waals surface area (Å²) in [5.74, 6) is -0.403. The lowest BCUT2D eigenvalue weighted by molar-refractivity contribution is -0.121. The van der Waals surface area contributed by atoms with Crippen molar-refractivity contribution in [2.45, 2.75) is 24.6 Å². The summed E-state index contributed by atoms with van der Waals surface area (Å²) < 4.78 is 0. The Labute approximate surface area is 111 Å². The summed E-state index contributed by atoms with van der Waals surface area (Å²) in [5, 5.41) is 4.99. The summed E-state index contributed by atoms with van der Waals surface area (Å²) in [5.41, 5.74) is 1.86. The molecule has 2 atom stereocenters. The fourth-order valence-corrected chi connectivity index (χ4v) is 2.12. The van der Waals surface area contributed by atoms with Gasteiger partial charge in [0.2, 0.25) is 11.8 Å². The highest BCUT2D eigenvalue weighted by Crippen LogP contribution is 2.33. The zero-order valence-corrected chi connectivity index (χ0v) is 10.8. The molecule has 2 rings (SSSR count). The van der Waals surface area contributed by atoms with E-state index in [1.165, 1.54) is 0 Å². The average molecular weight is 267 g/mol. The Kier molecular flexibility index (Phi) is 3.87. The van der Waals surface area contributed by atoms with Crippen molar-refractivity contribution in [3.05, 3.63) is 29.8 Å². The number of alkyl halides is 1. The fourth-order valence-electron chi connectivity index (χ4n) is 2.04. The van der Waals surface area contributed by atoms with Gasteiger partial charge in [-0.3, -0.25) is 9.59 Å². The zero-order valence-electron chi connectivity index (χ0n) is 10.1. The van der Waals surface area contributed by atoms with E-state index in [2.05, 4.69) is 10.6 Å². The molecule has 1 aliphatic rings. The van der Waals surface area contributed by atoms with Gasteiger partial charge in [-0.2, -0.15) is 0 Å². The Balaban J connectivity index is 1.94. The maximum absolute atomic E-state index is 11.8. The van der Waals surface area contributed by atoms with Crippen LogP contribution in [0.1, 0.15) is 24.8 Å². The van der Waals surface area contributed by atoms with E-state index in [9.17, 15) is 9.59 Å². The molecule has 0 saturated heterocycles. The quantitative estimate of drug-likeness (QED) is 0.818. The number of hydrogen-bond donors (Lipinski definition) is 2. The Morgan fingerprint density at radius 1 is 1.50 bits per heavy atom. The molecule has 1 heterocycles. The van der Waals surface area contributed by atoms with Gasteiger partial charge < -0.3 is 10.6 Å². The fraction of sp³-hybridized carbons (Fsp3) is 0.385. The van der Waals surface area contributed by atoms with Crippen LogP contribution in [-0.4, -0.2) is 23.7 Å². The maximum Gasteiger partial charge on any atom is 0.237 e. The summed E-state index contributed by atoms with van der Waals surface area (Å²) >= 11 is 5.64. The van der Waals surface area contributed by atoms with Crippen molar-refractivity contribution in [1.29, 1.82) is 0 Å². The smallest absolute Gasteiger partial charge is 0.237 e. The van der Waals surface area contributed by atoms with Gasteiger partial charge in [0.05, 0.1) is 5.92 Å². The molecule has 0 saturated carbocycles. The lowest BCUT2D eigenvalue weighted by Crippen LogP contribution is -2.31. The van der Waals surface area contributed by atoms with E-state index in [-0.39, 0.29) is 17.7 Å². The molecule has 2 amide bonds. The van der Waals surface area contributed by atoms with Gasteiger partial charge in [-0.15, -0.1) is 11.6 Å². The first kappa shape index (κ1) is 12.9. The normalized spacial score (nSPS) is 19.0. The van der Waals surface area contributed by atoms with Crippen LogP contribution in [0.5, 0.6) is 0 Å². The minimum absolute atomic E-state index is 0.00984. The van der Waals surface area contributed by atoms with Crippen molar-refractivity contribution in [3.63, 3.8) is 0 Å². The molecule has 18 heavy (non-hydrogen) atoms. The number of nitrogens with one attached hydrogen (secondary N) is 2. The second-order valence-corrected chi connectivity index (χ2v) is 4.98. The van der Waals surface area contributed by atoms with Crippen LogP contribution >= 0.6 is 11.6 Å². The standard InChI is InChI=1S/C13H15ClN2O2/c1-8(14)12(17)15-7-6-10-9-4-2-3-5-11(9)16-13(10)18/h2-5,8,10H,6-7H2,1H3,(H,15,17)(H,16,18). The number of halogens is 1. The first-order valence-electron chi connectivity index (χ1n) is 5.91. The van der Waals surface area contributed by atoms with E-state index in [1.807, 2.05) is 24.3 Å². The zero-order chi connectivity index (χ0) is 13.1. The Hall–Kier alpha value is -1.55. The van der Waals surface area contributed by atoms with E-state index in [1.54, 1.807) is 6.92 Å². The van der Waals surface area contributed by atoms with Gasteiger partial charge in [0.15, 0.2) is 0 Å². The van der Waals surface area contributed by atoms with Crippen LogP contribution in [0.15, 0.2) is 24.3 Å². The van der Waals surface area contributed by atoms with Crippen LogP contribution in [0.3, 0.4) is 0 Å². The molecule has 2 unspecified atom stereocenters. The third-order valence-corrected chi connectivity index (χ3v) is 3.20. The molecule has 2 N–H and O–H groups in total. The number of carbonyl (C=O) groups is 2. The predicted octanol–water partition coefficient (Wildman–Crippen LogP) is 1.86. The predicted molar refractivity (Wildman–Crippen MR) is 70.8 cm³/mol. The van der Waals surface area contributed by atoms with Crippen LogP contribution in [0, 0.1) is 0 Å². The number of rotatable bonds is 4. The molecule has 0 radical (unpaired) electrons. The Morgan fingerprint density at radius 2 is 2.22 bits per heavy atom. The van der Waals surface area contributed by atoms with Crippen molar-refractivity contribution in [1.82, 2.24) is 5.32 Å². The topological polar surface area (TPSA) is 58.2 Å². The summed E-state index contributed by atoms with van der Waals surface area (Å²) in [6.45, 7) is 2.07. The molecule has 1 aliphatic heterocycles. The molecule has 0 bridgehead atoms. The SMILES string of the molecule is CC(Cl)C(=O)NCCC1C(=O)Nc2ccccc21. The number of para-hydroxylation sites is 1. The second kappa shape index (κ2) is 5.40. The van der Waals surface area contributed by atoms with E-state index < -0.39 is 5.38 Å². The molecule has 0 aliphatic carbocycles. The minimum atomic E-state index is -0.547. The third-order valence-electron chi connectivity index (χ3n) is 3.00. The maximum atomic E-state index is 11.8. The van der Waals surface area contributed by atoms with Gasteiger partial charge in [-0.1, -0.05) is 18.2 Å². The first-order chi connectivity index (χ1) is 8.59. The van der Waals surface area contributed by atoms with Crippen molar-refractivity contribution in [2.24, 2.45) is 0 Å². The number of carbonyl (C=O) groups excluding carboxylic acids is 2. The van der Waals surface area contributed by atoms with Gasteiger partial charge in [-0.05, 0) is 25.0 Å². The average Bonchev–Trinajstić information content (AvgIpc) is 2.65. The van der Waals surface area contributed by atoms with Crippen LogP contribution in [0.25, 0.3) is 0 Å². The number of amides is 2. The summed E-state index contributed by atoms with van der Waals surface area (Å²) in [6, 6.07) is 7.61. The molecule has 1 aromatic carbocycles. The highest BCUT2D eigenvalue weighted by atomic mass is 35.5. The number of benzene rings is 1. The molecule has 0 aromatic heterocycles. The Morgan fingerprint density at radius 3 is 2.94 bits per heavy atom.